The summed E-state index contributed by atoms with van der Waals surface area (Å²) in [5.74, 6) is -0.211. The predicted octanol–water partition coefficient (Wildman–Crippen LogP) is 3.86. The van der Waals surface area contributed by atoms with Crippen molar-refractivity contribution in [2.24, 2.45) is 0 Å². The molecule has 0 aliphatic carbocycles. The van der Waals surface area contributed by atoms with Gasteiger partial charge in [0, 0.05) is 10.5 Å². The first-order valence-electron chi connectivity index (χ1n) is 6.22. The molecular formula is C15H14BrClN2O. The number of benzene rings is 1. The number of nitrogens with one attached hydrogen (secondary N) is 1. The molecule has 5 heteroatoms. The quantitative estimate of drug-likeness (QED) is 0.848. The molecule has 0 spiro atoms. The van der Waals surface area contributed by atoms with Gasteiger partial charge in [0.05, 0.1) is 0 Å². The van der Waals surface area contributed by atoms with Crippen LogP contribution in [0.25, 0.3) is 0 Å². The lowest BCUT2D eigenvalue weighted by atomic mass is 10.1. The van der Waals surface area contributed by atoms with Crippen molar-refractivity contribution < 1.29 is 4.79 Å². The zero-order valence-electron chi connectivity index (χ0n) is 10.9. The van der Waals surface area contributed by atoms with E-state index in [-0.39, 0.29) is 11.9 Å². The van der Waals surface area contributed by atoms with E-state index in [2.05, 4.69) is 26.2 Å². The van der Waals surface area contributed by atoms with Gasteiger partial charge in [0.2, 0.25) is 0 Å². The maximum Gasteiger partial charge on any atom is 0.270 e. The summed E-state index contributed by atoms with van der Waals surface area (Å²) in [5, 5.41) is 3.23. The SMILES string of the molecule is CC(Cc1ccc(Br)cc1)NC(=O)c1cccc(Cl)n1. The Hall–Kier alpha value is -1.39. The van der Waals surface area contributed by atoms with Gasteiger partial charge < -0.3 is 5.32 Å². The molecule has 1 unspecified atom stereocenters. The number of rotatable bonds is 4. The van der Waals surface area contributed by atoms with Crippen molar-refractivity contribution in [2.45, 2.75) is 19.4 Å². The number of aromatic nitrogens is 1. The van der Waals surface area contributed by atoms with Gasteiger partial charge in [-0.2, -0.15) is 0 Å². The van der Waals surface area contributed by atoms with E-state index in [1.54, 1.807) is 18.2 Å². The zero-order valence-corrected chi connectivity index (χ0v) is 13.3. The Morgan fingerprint density at radius 2 is 2.00 bits per heavy atom. The van der Waals surface area contributed by atoms with Crippen LogP contribution in [0.5, 0.6) is 0 Å². The number of hydrogen-bond acceptors (Lipinski definition) is 2. The Balaban J connectivity index is 1.95. The van der Waals surface area contributed by atoms with Crippen molar-refractivity contribution in [2.75, 3.05) is 0 Å². The average Bonchev–Trinajstić information content (AvgIpc) is 2.41. The molecule has 0 saturated carbocycles. The van der Waals surface area contributed by atoms with Gasteiger partial charge in [-0.05, 0) is 43.2 Å². The Labute approximate surface area is 131 Å². The van der Waals surface area contributed by atoms with Crippen molar-refractivity contribution >= 4 is 33.4 Å². The van der Waals surface area contributed by atoms with Crippen LogP contribution in [0, 0.1) is 0 Å². The van der Waals surface area contributed by atoms with Crippen LogP contribution in [-0.4, -0.2) is 16.9 Å². The molecule has 2 rings (SSSR count). The summed E-state index contributed by atoms with van der Waals surface area (Å²) in [6, 6.07) is 13.1. The standard InChI is InChI=1S/C15H14BrClN2O/c1-10(9-11-5-7-12(16)8-6-11)18-15(20)13-3-2-4-14(17)19-13/h2-8,10H,9H2,1H3,(H,18,20). The molecule has 1 atom stereocenters. The third kappa shape index (κ3) is 4.32. The number of halogens is 2. The van der Waals surface area contributed by atoms with Crippen molar-refractivity contribution in [3.05, 3.63) is 63.3 Å². The molecule has 1 heterocycles. The minimum Gasteiger partial charge on any atom is -0.348 e. The summed E-state index contributed by atoms with van der Waals surface area (Å²) >= 11 is 9.17. The molecule has 1 N–H and O–H groups in total. The van der Waals surface area contributed by atoms with Crippen LogP contribution in [-0.2, 0) is 6.42 Å². The normalized spacial score (nSPS) is 11.9. The molecule has 1 amide bonds. The van der Waals surface area contributed by atoms with Crippen LogP contribution in [0.3, 0.4) is 0 Å². The van der Waals surface area contributed by atoms with E-state index in [0.29, 0.717) is 10.8 Å². The number of carbonyl (C=O) groups is 1. The topological polar surface area (TPSA) is 42.0 Å². The van der Waals surface area contributed by atoms with E-state index in [1.807, 2.05) is 31.2 Å². The first-order valence-corrected chi connectivity index (χ1v) is 7.39. The third-order valence-corrected chi connectivity index (χ3v) is 3.52. The number of nitrogens with zero attached hydrogens (tertiary/aromatic N) is 1. The zero-order chi connectivity index (χ0) is 14.5. The maximum absolute atomic E-state index is 12.0. The van der Waals surface area contributed by atoms with E-state index in [0.717, 1.165) is 10.9 Å². The Kier molecular flexibility index (Phi) is 5.15. The first-order chi connectivity index (χ1) is 9.54. The summed E-state index contributed by atoms with van der Waals surface area (Å²) in [4.78, 5) is 16.0. The highest BCUT2D eigenvalue weighted by atomic mass is 79.9. The lowest BCUT2D eigenvalue weighted by molar-refractivity contribution is 0.0935. The second-order valence-electron chi connectivity index (χ2n) is 4.55. The number of pyridine rings is 1. The molecule has 3 nitrogen and oxygen atoms in total. The van der Waals surface area contributed by atoms with E-state index in [4.69, 9.17) is 11.6 Å². The molecule has 20 heavy (non-hydrogen) atoms. The number of carbonyl (C=O) groups excluding carboxylic acids is 1. The second-order valence-corrected chi connectivity index (χ2v) is 5.85. The highest BCUT2D eigenvalue weighted by molar-refractivity contribution is 9.10. The van der Waals surface area contributed by atoms with Gasteiger partial charge in [-0.15, -0.1) is 0 Å². The summed E-state index contributed by atoms with van der Waals surface area (Å²) in [5.41, 5.74) is 1.50. The van der Waals surface area contributed by atoms with E-state index in [1.165, 1.54) is 5.56 Å². The van der Waals surface area contributed by atoms with E-state index in [9.17, 15) is 4.79 Å². The monoisotopic (exact) mass is 352 g/mol. The minimum atomic E-state index is -0.211. The summed E-state index contributed by atoms with van der Waals surface area (Å²) in [7, 11) is 0. The summed E-state index contributed by atoms with van der Waals surface area (Å²) in [6.45, 7) is 1.96. The summed E-state index contributed by atoms with van der Waals surface area (Å²) in [6.07, 6.45) is 0.763. The fourth-order valence-corrected chi connectivity index (χ4v) is 2.29. The fourth-order valence-electron chi connectivity index (χ4n) is 1.86. The maximum atomic E-state index is 12.0. The molecular weight excluding hydrogens is 340 g/mol. The van der Waals surface area contributed by atoms with Crippen LogP contribution in [0.2, 0.25) is 5.15 Å². The summed E-state index contributed by atoms with van der Waals surface area (Å²) < 4.78 is 1.04. The largest absolute Gasteiger partial charge is 0.348 e. The molecule has 2 aromatic rings. The van der Waals surface area contributed by atoms with Crippen molar-refractivity contribution in [3.63, 3.8) is 0 Å². The lowest BCUT2D eigenvalue weighted by Crippen LogP contribution is -2.34. The molecule has 0 aliphatic heterocycles. The molecule has 0 fully saturated rings. The van der Waals surface area contributed by atoms with Crippen LogP contribution >= 0.6 is 27.5 Å². The fraction of sp³-hybridized carbons (Fsp3) is 0.200. The van der Waals surface area contributed by atoms with Crippen LogP contribution < -0.4 is 5.32 Å². The van der Waals surface area contributed by atoms with E-state index < -0.39 is 0 Å². The van der Waals surface area contributed by atoms with Gasteiger partial charge in [0.1, 0.15) is 10.8 Å². The Morgan fingerprint density at radius 3 is 2.65 bits per heavy atom. The van der Waals surface area contributed by atoms with Gasteiger partial charge in [-0.3, -0.25) is 4.79 Å². The Bertz CT molecular complexity index is 601. The van der Waals surface area contributed by atoms with Crippen molar-refractivity contribution in [1.29, 1.82) is 0 Å². The number of amides is 1. The van der Waals surface area contributed by atoms with Gasteiger partial charge in [-0.1, -0.05) is 45.7 Å². The Morgan fingerprint density at radius 1 is 1.30 bits per heavy atom. The van der Waals surface area contributed by atoms with Gasteiger partial charge >= 0.3 is 0 Å². The molecule has 1 aromatic heterocycles. The van der Waals surface area contributed by atoms with Gasteiger partial charge in [-0.25, -0.2) is 4.98 Å². The highest BCUT2D eigenvalue weighted by Gasteiger charge is 2.11. The van der Waals surface area contributed by atoms with Crippen molar-refractivity contribution in [1.82, 2.24) is 10.3 Å². The molecule has 0 aliphatic rings. The van der Waals surface area contributed by atoms with Crippen LogP contribution in [0.15, 0.2) is 46.9 Å². The lowest BCUT2D eigenvalue weighted by Gasteiger charge is -2.13. The van der Waals surface area contributed by atoms with Crippen molar-refractivity contribution in [3.8, 4) is 0 Å². The van der Waals surface area contributed by atoms with E-state index >= 15 is 0 Å². The molecule has 1 aromatic carbocycles. The number of hydrogen-bond donors (Lipinski definition) is 1. The smallest absolute Gasteiger partial charge is 0.270 e. The van der Waals surface area contributed by atoms with Crippen LogP contribution in [0.4, 0.5) is 0 Å². The molecule has 0 bridgehead atoms. The van der Waals surface area contributed by atoms with Crippen LogP contribution in [0.1, 0.15) is 23.0 Å². The molecule has 0 saturated heterocycles. The van der Waals surface area contributed by atoms with Gasteiger partial charge in [0.15, 0.2) is 0 Å². The second kappa shape index (κ2) is 6.86. The average molecular weight is 354 g/mol. The third-order valence-electron chi connectivity index (χ3n) is 2.78. The highest BCUT2D eigenvalue weighted by Crippen LogP contribution is 2.12. The first kappa shape index (κ1) is 15.0. The minimum absolute atomic E-state index is 0.0180. The molecule has 0 radical (unpaired) electrons. The predicted molar refractivity (Wildman–Crippen MR) is 84.0 cm³/mol. The van der Waals surface area contributed by atoms with Gasteiger partial charge in [0.25, 0.3) is 5.91 Å². The molecule has 104 valence electrons.